The van der Waals surface area contributed by atoms with Crippen molar-refractivity contribution in [2.24, 2.45) is 11.3 Å². The fourth-order valence-electron chi connectivity index (χ4n) is 5.02. The van der Waals surface area contributed by atoms with Gasteiger partial charge in [-0.15, -0.1) is 0 Å². The molecule has 2 aliphatic carbocycles. The molecule has 0 bridgehead atoms. The van der Waals surface area contributed by atoms with Crippen LogP contribution in [0.25, 0.3) is 0 Å². The molecule has 2 saturated carbocycles. The Morgan fingerprint density at radius 2 is 2.24 bits per heavy atom. The van der Waals surface area contributed by atoms with Crippen LogP contribution in [-0.2, 0) is 11.3 Å². The Kier molecular flexibility index (Phi) is 3.70. The largest absolute Gasteiger partial charge is 0.490 e. The summed E-state index contributed by atoms with van der Waals surface area (Å²) in [6.07, 6.45) is 11.2. The Labute approximate surface area is 148 Å². The number of nitrogens with one attached hydrogen (secondary N) is 1. The number of imidazole rings is 1. The Morgan fingerprint density at radius 1 is 1.32 bits per heavy atom. The number of anilines is 1. The Balaban J connectivity index is 1.28. The molecule has 5 heteroatoms. The van der Waals surface area contributed by atoms with Crippen LogP contribution in [-0.4, -0.2) is 34.9 Å². The van der Waals surface area contributed by atoms with Gasteiger partial charge < -0.3 is 19.4 Å². The minimum absolute atomic E-state index is 0.380. The zero-order chi connectivity index (χ0) is 16.7. The summed E-state index contributed by atoms with van der Waals surface area (Å²) in [7, 11) is 0. The van der Waals surface area contributed by atoms with Crippen LogP contribution in [0, 0.1) is 11.3 Å². The third kappa shape index (κ3) is 2.44. The lowest BCUT2D eigenvalue weighted by Gasteiger charge is -2.63. The molecule has 0 radical (unpaired) electrons. The van der Waals surface area contributed by atoms with Gasteiger partial charge in [0.15, 0.2) is 0 Å². The summed E-state index contributed by atoms with van der Waals surface area (Å²) in [4.78, 5) is 4.07. The molecule has 5 rings (SSSR count). The molecule has 1 spiro atoms. The van der Waals surface area contributed by atoms with Gasteiger partial charge in [-0.25, -0.2) is 4.98 Å². The number of nitrogens with zero attached hydrogens (tertiary/aromatic N) is 2. The molecule has 0 unspecified atom stereocenters. The van der Waals surface area contributed by atoms with Crippen LogP contribution in [0.15, 0.2) is 43.0 Å². The third-order valence-corrected chi connectivity index (χ3v) is 6.40. The number of para-hydroxylation sites is 2. The van der Waals surface area contributed by atoms with Gasteiger partial charge in [0.25, 0.3) is 0 Å². The molecule has 2 aromatic rings. The van der Waals surface area contributed by atoms with Crippen LogP contribution in [0.4, 0.5) is 5.69 Å². The third-order valence-electron chi connectivity index (χ3n) is 6.40. The van der Waals surface area contributed by atoms with Gasteiger partial charge >= 0.3 is 0 Å². The van der Waals surface area contributed by atoms with E-state index in [9.17, 15) is 0 Å². The molecule has 5 nitrogen and oxygen atoms in total. The average molecular weight is 339 g/mol. The van der Waals surface area contributed by atoms with Crippen LogP contribution in [0.3, 0.4) is 0 Å². The van der Waals surface area contributed by atoms with E-state index in [1.54, 1.807) is 6.20 Å². The number of ether oxygens (including phenoxy) is 2. The van der Waals surface area contributed by atoms with E-state index in [2.05, 4.69) is 28.5 Å². The van der Waals surface area contributed by atoms with E-state index >= 15 is 0 Å². The van der Waals surface area contributed by atoms with Gasteiger partial charge in [0, 0.05) is 36.4 Å². The minimum atomic E-state index is 0.380. The fourth-order valence-corrected chi connectivity index (χ4v) is 5.02. The van der Waals surface area contributed by atoms with E-state index < -0.39 is 0 Å². The van der Waals surface area contributed by atoms with Crippen molar-refractivity contribution in [3.8, 4) is 5.75 Å². The number of hydrogen-bond donors (Lipinski definition) is 1. The highest BCUT2D eigenvalue weighted by molar-refractivity contribution is 5.58. The zero-order valence-electron chi connectivity index (χ0n) is 14.4. The van der Waals surface area contributed by atoms with Crippen molar-refractivity contribution in [3.63, 3.8) is 0 Å². The summed E-state index contributed by atoms with van der Waals surface area (Å²) in [5, 5.41) is 3.83. The molecular formula is C20H25N3O2. The van der Waals surface area contributed by atoms with E-state index in [1.807, 2.05) is 23.2 Å². The second-order valence-corrected chi connectivity index (χ2v) is 7.60. The highest BCUT2D eigenvalue weighted by Gasteiger charge is 2.66. The molecular weight excluding hydrogens is 314 g/mol. The second kappa shape index (κ2) is 6.06. The highest BCUT2D eigenvalue weighted by atomic mass is 16.5. The summed E-state index contributed by atoms with van der Waals surface area (Å²) in [6.45, 7) is 2.37. The van der Waals surface area contributed by atoms with E-state index in [-0.39, 0.29) is 0 Å². The fraction of sp³-hybridized carbons (Fsp3) is 0.550. The monoisotopic (exact) mass is 339 g/mol. The molecule has 0 amide bonds. The minimum Gasteiger partial charge on any atom is -0.490 e. The first-order chi connectivity index (χ1) is 12.4. The molecule has 3 aliphatic rings. The maximum absolute atomic E-state index is 6.07. The van der Waals surface area contributed by atoms with E-state index in [1.165, 1.54) is 25.7 Å². The summed E-state index contributed by atoms with van der Waals surface area (Å²) in [6, 6.07) is 8.86. The number of rotatable bonds is 6. The molecule has 1 N–H and O–H groups in total. The van der Waals surface area contributed by atoms with Gasteiger partial charge in [-0.2, -0.15) is 0 Å². The van der Waals surface area contributed by atoms with Gasteiger partial charge in [-0.1, -0.05) is 18.6 Å². The number of aromatic nitrogens is 2. The molecule has 132 valence electrons. The van der Waals surface area contributed by atoms with Crippen molar-refractivity contribution in [2.45, 2.75) is 44.4 Å². The topological polar surface area (TPSA) is 48.3 Å². The molecule has 1 aromatic heterocycles. The Hall–Kier alpha value is -2.01. The highest BCUT2D eigenvalue weighted by Crippen LogP contribution is 2.63. The molecule has 1 aliphatic heterocycles. The van der Waals surface area contributed by atoms with E-state index in [0.29, 0.717) is 30.1 Å². The van der Waals surface area contributed by atoms with Crippen molar-refractivity contribution in [1.82, 2.24) is 9.55 Å². The van der Waals surface area contributed by atoms with Crippen molar-refractivity contribution in [3.05, 3.63) is 43.0 Å². The van der Waals surface area contributed by atoms with Gasteiger partial charge in [0.1, 0.15) is 12.4 Å². The van der Waals surface area contributed by atoms with Crippen molar-refractivity contribution < 1.29 is 9.47 Å². The molecule has 25 heavy (non-hydrogen) atoms. The lowest BCUT2D eigenvalue weighted by atomic mass is 9.46. The predicted octanol–water partition coefficient (Wildman–Crippen LogP) is 3.33. The first kappa shape index (κ1) is 15.3. The lowest BCUT2D eigenvalue weighted by Crippen LogP contribution is -2.68. The summed E-state index contributed by atoms with van der Waals surface area (Å²) in [5.74, 6) is 1.61. The Morgan fingerprint density at radius 3 is 3.04 bits per heavy atom. The summed E-state index contributed by atoms with van der Waals surface area (Å²) < 4.78 is 14.1. The van der Waals surface area contributed by atoms with Crippen LogP contribution >= 0.6 is 0 Å². The maximum Gasteiger partial charge on any atom is 0.142 e. The van der Waals surface area contributed by atoms with Crippen molar-refractivity contribution >= 4 is 5.69 Å². The maximum atomic E-state index is 6.07. The summed E-state index contributed by atoms with van der Waals surface area (Å²) in [5.41, 5.74) is 1.50. The zero-order valence-corrected chi connectivity index (χ0v) is 14.4. The Bertz CT molecular complexity index is 726. The van der Waals surface area contributed by atoms with Gasteiger partial charge in [-0.05, 0) is 31.4 Å². The van der Waals surface area contributed by atoms with Gasteiger partial charge in [0.05, 0.1) is 24.7 Å². The molecule has 3 atom stereocenters. The van der Waals surface area contributed by atoms with Gasteiger partial charge in [-0.3, -0.25) is 0 Å². The smallest absolute Gasteiger partial charge is 0.142 e. The summed E-state index contributed by atoms with van der Waals surface area (Å²) >= 11 is 0. The van der Waals surface area contributed by atoms with Crippen LogP contribution < -0.4 is 10.1 Å². The first-order valence-corrected chi connectivity index (χ1v) is 9.42. The van der Waals surface area contributed by atoms with Gasteiger partial charge in [0.2, 0.25) is 0 Å². The number of benzene rings is 1. The molecule has 2 heterocycles. The van der Waals surface area contributed by atoms with Crippen LogP contribution in [0.2, 0.25) is 0 Å². The lowest BCUT2D eigenvalue weighted by molar-refractivity contribution is -0.158. The quantitative estimate of drug-likeness (QED) is 0.877. The number of fused-ring (bicyclic) bond motifs is 2. The SMILES string of the molecule is c1ccc(OCCn2ccnc2)c(N[C@@H]2[C@@H]3CCO[C@H]3C23CCC3)c1. The molecule has 1 aromatic carbocycles. The first-order valence-electron chi connectivity index (χ1n) is 9.42. The predicted molar refractivity (Wildman–Crippen MR) is 95.7 cm³/mol. The molecule has 1 saturated heterocycles. The standard InChI is InChI=1S/C20H25N3O2/c1-2-5-17(24-13-11-23-10-9-21-14-23)16(4-1)22-18-15-6-12-25-19(15)20(18)7-3-8-20/h1-2,4-5,9-10,14-15,18-19,22H,3,6-8,11-13H2/t15-,18+,19+/m0/s1. The van der Waals surface area contributed by atoms with E-state index in [4.69, 9.17) is 9.47 Å². The van der Waals surface area contributed by atoms with Crippen molar-refractivity contribution in [2.75, 3.05) is 18.5 Å². The van der Waals surface area contributed by atoms with Crippen LogP contribution in [0.5, 0.6) is 5.75 Å². The normalized spacial score (nSPS) is 28.9. The van der Waals surface area contributed by atoms with Crippen molar-refractivity contribution in [1.29, 1.82) is 0 Å². The average Bonchev–Trinajstić information content (AvgIpc) is 3.23. The van der Waals surface area contributed by atoms with E-state index in [0.717, 1.165) is 24.6 Å². The second-order valence-electron chi connectivity index (χ2n) is 7.60. The molecule has 3 fully saturated rings. The number of hydrogen-bond acceptors (Lipinski definition) is 4. The van der Waals surface area contributed by atoms with Crippen LogP contribution in [0.1, 0.15) is 25.7 Å².